The predicted octanol–water partition coefficient (Wildman–Crippen LogP) is 10.2. The van der Waals surface area contributed by atoms with Gasteiger partial charge in [0, 0.05) is 70.6 Å². The zero-order valence-electron chi connectivity index (χ0n) is 23.3. The van der Waals surface area contributed by atoms with Crippen molar-refractivity contribution < 1.29 is 34.4 Å². The Balaban J connectivity index is 0.000000204. The van der Waals surface area contributed by atoms with Crippen LogP contribution in [0.25, 0.3) is 53.0 Å². The van der Waals surface area contributed by atoms with Crippen molar-refractivity contribution in [3.05, 3.63) is 78.7 Å². The average Bonchev–Trinajstić information content (AvgIpc) is 3.27. The van der Waals surface area contributed by atoms with Crippen molar-refractivity contribution in [1.82, 2.24) is 4.98 Å². The van der Waals surface area contributed by atoms with Gasteiger partial charge >= 0.3 is 0 Å². The fourth-order valence-electron chi connectivity index (χ4n) is 5.35. The van der Waals surface area contributed by atoms with Gasteiger partial charge in [-0.2, -0.15) is 11.3 Å². The number of rotatable bonds is 7. The number of aromatic nitrogens is 1. The maximum atomic E-state index is 11.7. The van der Waals surface area contributed by atoms with Crippen LogP contribution in [0.5, 0.6) is 0 Å². The average molecular weight is 729 g/mol. The molecule has 3 aromatic carbocycles. The van der Waals surface area contributed by atoms with E-state index in [0.717, 1.165) is 58.5 Å². The molecule has 40 heavy (non-hydrogen) atoms. The van der Waals surface area contributed by atoms with E-state index >= 15 is 0 Å². The molecular weight excluding hydrogens is 695 g/mol. The van der Waals surface area contributed by atoms with Gasteiger partial charge in [0.2, 0.25) is 0 Å². The molecule has 0 unspecified atom stereocenters. The molecule has 6 rings (SSSR count). The van der Waals surface area contributed by atoms with Gasteiger partial charge in [0.15, 0.2) is 5.78 Å². The summed E-state index contributed by atoms with van der Waals surface area (Å²) in [4.78, 5) is 16.4. The Morgan fingerprint density at radius 1 is 0.950 bits per heavy atom. The van der Waals surface area contributed by atoms with Gasteiger partial charge in [0.05, 0.1) is 5.76 Å². The Bertz CT molecular complexity index is 1810. The monoisotopic (exact) mass is 729 g/mol. The second-order valence-electron chi connectivity index (χ2n) is 9.95. The Kier molecular flexibility index (Phi) is 9.78. The third kappa shape index (κ3) is 5.58. The number of fused-ring (bicyclic) bond motifs is 4. The maximum Gasteiger partial charge on any atom is 0.162 e. The van der Waals surface area contributed by atoms with Crippen LogP contribution in [0.3, 0.4) is 0 Å². The van der Waals surface area contributed by atoms with Crippen LogP contribution in [0, 0.1) is 17.9 Å². The van der Waals surface area contributed by atoms with Crippen LogP contribution in [0.2, 0.25) is 0 Å². The number of benzene rings is 3. The summed E-state index contributed by atoms with van der Waals surface area (Å²) in [6.45, 7) is 8.07. The zero-order valence-corrected chi connectivity index (χ0v) is 26.5. The SMILES string of the molecule is CCC(CC)C(=O)/C=C(\O)C(CC)CC.[Ir].[c-]1ccc2sc3cccc4oc5c6ccccc6cnc5c1c2c43. The minimum Gasteiger partial charge on any atom is -0.512 e. The molecule has 0 aliphatic heterocycles. The largest absolute Gasteiger partial charge is 0.512 e. The Morgan fingerprint density at radius 2 is 1.65 bits per heavy atom. The first-order chi connectivity index (χ1) is 19.0. The predicted molar refractivity (Wildman–Crippen MR) is 165 cm³/mol. The van der Waals surface area contributed by atoms with Crippen LogP contribution in [0.1, 0.15) is 53.4 Å². The van der Waals surface area contributed by atoms with Gasteiger partial charge in [-0.25, -0.2) is 0 Å². The minimum atomic E-state index is 0. The number of pyridine rings is 1. The summed E-state index contributed by atoms with van der Waals surface area (Å²) in [5.41, 5.74) is 2.59. The van der Waals surface area contributed by atoms with Crippen molar-refractivity contribution in [3.8, 4) is 0 Å². The number of aliphatic hydroxyl groups is 1. The first-order valence-electron chi connectivity index (χ1n) is 13.9. The molecule has 6 heteroatoms. The second-order valence-corrected chi connectivity index (χ2v) is 11.0. The summed E-state index contributed by atoms with van der Waals surface area (Å²) in [6.07, 6.45) is 6.83. The smallest absolute Gasteiger partial charge is 0.162 e. The van der Waals surface area contributed by atoms with Crippen molar-refractivity contribution in [1.29, 1.82) is 0 Å². The molecule has 1 radical (unpaired) electrons. The number of nitrogens with zero attached hydrogens (tertiary/aromatic N) is 1. The molecule has 3 aromatic heterocycles. The maximum absolute atomic E-state index is 11.7. The molecule has 0 spiro atoms. The molecule has 0 saturated carbocycles. The number of thiophene rings is 1. The van der Waals surface area contributed by atoms with E-state index in [1.165, 1.54) is 26.2 Å². The van der Waals surface area contributed by atoms with Crippen LogP contribution < -0.4 is 0 Å². The number of hydrogen-bond donors (Lipinski definition) is 1. The molecule has 0 aliphatic rings. The number of carbonyl (C=O) groups excluding carboxylic acids is 1. The van der Waals surface area contributed by atoms with Crippen LogP contribution >= 0.6 is 11.3 Å². The molecule has 209 valence electrons. The van der Waals surface area contributed by atoms with Crippen LogP contribution in [-0.2, 0) is 24.9 Å². The third-order valence-corrected chi connectivity index (χ3v) is 8.82. The van der Waals surface area contributed by atoms with E-state index in [-0.39, 0.29) is 43.5 Å². The molecule has 6 aromatic rings. The fourth-order valence-corrected chi connectivity index (χ4v) is 6.48. The van der Waals surface area contributed by atoms with Crippen molar-refractivity contribution >= 4 is 70.1 Å². The van der Waals surface area contributed by atoms with Gasteiger partial charge in [-0.1, -0.05) is 63.4 Å². The molecule has 0 bridgehead atoms. The number of hydrogen-bond acceptors (Lipinski definition) is 5. The standard InChI is InChI=1S/C21H10NOS.C13H24O2.Ir/c1-2-6-13-12(5-1)11-22-20-14-7-3-9-16-18(14)19-15(23-21(13)20)8-4-10-17(19)24-16;1-5-10(6-2)12(14)9-13(15)11(7-3)8-4;/h1-6,8-11H;9-11,14H,5-8H2,1-4H3;/q-1;;/b;12-9-;. The Labute approximate surface area is 252 Å². The molecule has 0 aliphatic carbocycles. The quantitative estimate of drug-likeness (QED) is 0.101. The van der Waals surface area contributed by atoms with E-state index in [1.54, 1.807) is 11.3 Å². The minimum absolute atomic E-state index is 0. The number of ketones is 1. The van der Waals surface area contributed by atoms with Crippen molar-refractivity contribution in [3.63, 3.8) is 0 Å². The second kappa shape index (κ2) is 13.1. The summed E-state index contributed by atoms with van der Waals surface area (Å²) in [7, 11) is 0. The van der Waals surface area contributed by atoms with Crippen molar-refractivity contribution in [2.24, 2.45) is 11.8 Å². The molecule has 0 fully saturated rings. The summed E-state index contributed by atoms with van der Waals surface area (Å²) in [5.74, 6) is 0.547. The molecule has 1 N–H and O–H groups in total. The normalized spacial score (nSPS) is 12.0. The summed E-state index contributed by atoms with van der Waals surface area (Å²) in [5, 5.41) is 15.3. The van der Waals surface area contributed by atoms with Crippen molar-refractivity contribution in [2.45, 2.75) is 53.4 Å². The first kappa shape index (κ1) is 29.9. The topological polar surface area (TPSA) is 63.3 Å². The van der Waals surface area contributed by atoms with Gasteiger partial charge in [0.25, 0.3) is 0 Å². The van der Waals surface area contributed by atoms with Crippen molar-refractivity contribution in [2.75, 3.05) is 0 Å². The van der Waals surface area contributed by atoms with E-state index in [0.29, 0.717) is 0 Å². The van der Waals surface area contributed by atoms with Gasteiger partial charge in [-0.05, 0) is 42.5 Å². The molecule has 0 amide bonds. The van der Waals surface area contributed by atoms with Crippen LogP contribution in [0.15, 0.2) is 77.0 Å². The molecule has 3 heterocycles. The van der Waals surface area contributed by atoms with Gasteiger partial charge < -0.3 is 14.5 Å². The van der Waals surface area contributed by atoms with E-state index in [4.69, 9.17) is 9.40 Å². The first-order valence-corrected chi connectivity index (χ1v) is 14.7. The number of aliphatic hydroxyl groups excluding tert-OH is 1. The fraction of sp³-hybridized carbons (Fsp3) is 0.294. The van der Waals surface area contributed by atoms with Crippen LogP contribution in [-0.4, -0.2) is 15.9 Å². The van der Waals surface area contributed by atoms with E-state index in [2.05, 4.69) is 36.4 Å². The summed E-state index contributed by atoms with van der Waals surface area (Å²) < 4.78 is 8.90. The van der Waals surface area contributed by atoms with E-state index in [9.17, 15) is 9.90 Å². The van der Waals surface area contributed by atoms with E-state index < -0.39 is 0 Å². The summed E-state index contributed by atoms with van der Waals surface area (Å²) >= 11 is 1.79. The molecule has 4 nitrogen and oxygen atoms in total. The van der Waals surface area contributed by atoms with Gasteiger partial charge in [-0.3, -0.25) is 4.79 Å². The summed E-state index contributed by atoms with van der Waals surface area (Å²) in [6, 6.07) is 22.0. The zero-order chi connectivity index (χ0) is 27.5. The Hall–Kier alpha value is -3.05. The third-order valence-electron chi connectivity index (χ3n) is 7.70. The van der Waals surface area contributed by atoms with Crippen LogP contribution in [0.4, 0.5) is 0 Å². The molecular formula is C34H34IrNO3S-. The Morgan fingerprint density at radius 3 is 2.38 bits per heavy atom. The van der Waals surface area contributed by atoms with E-state index in [1.807, 2.05) is 58.2 Å². The number of allylic oxidation sites excluding steroid dienone is 2. The molecule has 0 saturated heterocycles. The van der Waals surface area contributed by atoms with Gasteiger partial charge in [-0.15, -0.1) is 23.6 Å². The molecule has 0 atom stereocenters. The number of carbonyl (C=O) groups is 1. The van der Waals surface area contributed by atoms with Gasteiger partial charge in [0.1, 0.15) is 11.2 Å².